The van der Waals surface area contributed by atoms with Gasteiger partial charge in [0.25, 0.3) is 5.91 Å². The van der Waals surface area contributed by atoms with Crippen LogP contribution in [0.1, 0.15) is 23.7 Å². The van der Waals surface area contributed by atoms with E-state index in [4.69, 9.17) is 0 Å². The van der Waals surface area contributed by atoms with E-state index in [-0.39, 0.29) is 18.4 Å². The molecule has 2 aromatic rings. The summed E-state index contributed by atoms with van der Waals surface area (Å²) in [6, 6.07) is 3.26. The van der Waals surface area contributed by atoms with Crippen LogP contribution in [-0.2, 0) is 4.79 Å². The van der Waals surface area contributed by atoms with Gasteiger partial charge in [-0.3, -0.25) is 14.9 Å². The molecule has 22 heavy (non-hydrogen) atoms. The number of carbonyl (C=O) groups excluding carboxylic acids is 2. The summed E-state index contributed by atoms with van der Waals surface area (Å²) in [5.74, 6) is 0.123. The molecule has 0 spiro atoms. The van der Waals surface area contributed by atoms with Crippen LogP contribution in [-0.4, -0.2) is 40.1 Å². The summed E-state index contributed by atoms with van der Waals surface area (Å²) < 4.78 is 0. The van der Waals surface area contributed by atoms with Crippen molar-refractivity contribution in [1.29, 1.82) is 0 Å². The van der Waals surface area contributed by atoms with Gasteiger partial charge >= 0.3 is 0 Å². The Kier molecular flexibility index (Phi) is 5.78. The second kappa shape index (κ2) is 8.03. The molecule has 0 aliphatic carbocycles. The highest BCUT2D eigenvalue weighted by Gasteiger charge is 2.08. The van der Waals surface area contributed by atoms with Gasteiger partial charge in [-0.15, -0.1) is 10.2 Å². The van der Waals surface area contributed by atoms with Crippen molar-refractivity contribution in [3.63, 3.8) is 0 Å². The van der Waals surface area contributed by atoms with E-state index in [0.29, 0.717) is 23.1 Å². The van der Waals surface area contributed by atoms with E-state index in [1.165, 1.54) is 23.0 Å². The van der Waals surface area contributed by atoms with Crippen LogP contribution >= 0.6 is 11.3 Å². The summed E-state index contributed by atoms with van der Waals surface area (Å²) in [5.41, 5.74) is 1.93. The zero-order valence-corrected chi connectivity index (χ0v) is 12.8. The lowest BCUT2D eigenvalue weighted by molar-refractivity contribution is -0.119. The third-order valence-corrected chi connectivity index (χ3v) is 3.22. The predicted octanol–water partition coefficient (Wildman–Crippen LogP) is 1.12. The molecule has 0 aromatic carbocycles. The minimum atomic E-state index is -0.309. The smallest absolute Gasteiger partial charge is 0.259 e. The van der Waals surface area contributed by atoms with Crippen LogP contribution in [0.25, 0.3) is 0 Å². The number of amides is 2. The van der Waals surface area contributed by atoms with Crippen molar-refractivity contribution in [2.75, 3.05) is 23.7 Å². The summed E-state index contributed by atoms with van der Waals surface area (Å²) in [6.45, 7) is 2.78. The molecule has 2 heterocycles. The molecule has 0 saturated carbocycles. The van der Waals surface area contributed by atoms with Gasteiger partial charge in [-0.1, -0.05) is 18.3 Å². The van der Waals surface area contributed by atoms with E-state index in [9.17, 15) is 9.59 Å². The number of anilines is 2. The Hall–Kier alpha value is -2.55. The van der Waals surface area contributed by atoms with E-state index < -0.39 is 0 Å². The molecule has 0 aliphatic heterocycles. The van der Waals surface area contributed by atoms with Gasteiger partial charge in [0.1, 0.15) is 11.3 Å². The van der Waals surface area contributed by atoms with Crippen molar-refractivity contribution in [2.45, 2.75) is 13.3 Å². The number of nitrogens with one attached hydrogen (secondary N) is 3. The fraction of sp³-hybridized carbons (Fsp3) is 0.308. The molecular formula is C13H16N6O2S. The molecule has 0 radical (unpaired) electrons. The molecule has 0 fully saturated rings. The SMILES string of the molecule is CCCNC(=O)CNc1ccc(C(=O)Nc2nncs2)cn1. The molecule has 9 heteroatoms. The fourth-order valence-corrected chi connectivity index (χ4v) is 1.97. The molecule has 0 atom stereocenters. The Morgan fingerprint density at radius 2 is 2.18 bits per heavy atom. The molecular weight excluding hydrogens is 304 g/mol. The molecule has 0 saturated heterocycles. The highest BCUT2D eigenvalue weighted by Crippen LogP contribution is 2.11. The highest BCUT2D eigenvalue weighted by molar-refractivity contribution is 7.13. The van der Waals surface area contributed by atoms with E-state index >= 15 is 0 Å². The predicted molar refractivity (Wildman–Crippen MR) is 83.9 cm³/mol. The molecule has 2 amide bonds. The number of hydrogen-bond donors (Lipinski definition) is 3. The second-order valence-electron chi connectivity index (χ2n) is 4.33. The minimum absolute atomic E-state index is 0.0956. The summed E-state index contributed by atoms with van der Waals surface area (Å²) in [5, 5.41) is 16.1. The van der Waals surface area contributed by atoms with Crippen molar-refractivity contribution in [1.82, 2.24) is 20.5 Å². The second-order valence-corrected chi connectivity index (χ2v) is 5.17. The van der Waals surface area contributed by atoms with Crippen LogP contribution in [0, 0.1) is 0 Å². The first-order chi connectivity index (χ1) is 10.7. The van der Waals surface area contributed by atoms with Gasteiger partial charge < -0.3 is 10.6 Å². The standard InChI is InChI=1S/C13H16N6O2S/c1-2-5-14-11(20)7-16-10-4-3-9(6-15-10)12(21)18-13-19-17-8-22-13/h3-4,6,8H,2,5,7H2,1H3,(H,14,20)(H,15,16)(H,18,19,21). The zero-order valence-electron chi connectivity index (χ0n) is 12.0. The lowest BCUT2D eigenvalue weighted by atomic mass is 10.2. The molecule has 2 rings (SSSR count). The van der Waals surface area contributed by atoms with Gasteiger partial charge in [0.15, 0.2) is 0 Å². The van der Waals surface area contributed by atoms with Crippen LogP contribution in [0.4, 0.5) is 10.9 Å². The van der Waals surface area contributed by atoms with Gasteiger partial charge in [-0.2, -0.15) is 0 Å². The van der Waals surface area contributed by atoms with E-state index in [1.54, 1.807) is 12.1 Å². The Labute approximate surface area is 131 Å². The molecule has 0 bridgehead atoms. The van der Waals surface area contributed by atoms with Crippen LogP contribution in [0.2, 0.25) is 0 Å². The Morgan fingerprint density at radius 3 is 2.82 bits per heavy atom. The number of pyridine rings is 1. The number of rotatable bonds is 7. The summed E-state index contributed by atoms with van der Waals surface area (Å²) >= 11 is 1.24. The van der Waals surface area contributed by atoms with Gasteiger partial charge in [0.05, 0.1) is 12.1 Å². The Morgan fingerprint density at radius 1 is 1.32 bits per heavy atom. The highest BCUT2D eigenvalue weighted by atomic mass is 32.1. The minimum Gasteiger partial charge on any atom is -0.361 e. The normalized spacial score (nSPS) is 10.0. The Bertz CT molecular complexity index is 614. The molecule has 0 unspecified atom stereocenters. The molecule has 3 N–H and O–H groups in total. The van der Waals surface area contributed by atoms with Crippen molar-refractivity contribution >= 4 is 34.1 Å². The monoisotopic (exact) mass is 320 g/mol. The lowest BCUT2D eigenvalue weighted by Gasteiger charge is -2.07. The van der Waals surface area contributed by atoms with Crippen LogP contribution in [0.3, 0.4) is 0 Å². The zero-order chi connectivity index (χ0) is 15.8. The summed E-state index contributed by atoms with van der Waals surface area (Å²) in [7, 11) is 0. The van der Waals surface area contributed by atoms with Crippen molar-refractivity contribution < 1.29 is 9.59 Å². The third-order valence-electron chi connectivity index (χ3n) is 2.61. The van der Waals surface area contributed by atoms with E-state index in [1.807, 2.05) is 6.92 Å². The largest absolute Gasteiger partial charge is 0.361 e. The quantitative estimate of drug-likeness (QED) is 0.705. The van der Waals surface area contributed by atoms with Crippen LogP contribution in [0.5, 0.6) is 0 Å². The first-order valence-electron chi connectivity index (χ1n) is 6.73. The number of carbonyl (C=O) groups is 2. The third kappa shape index (κ3) is 4.77. The maximum Gasteiger partial charge on any atom is 0.259 e. The molecule has 0 aliphatic rings. The van der Waals surface area contributed by atoms with Gasteiger partial charge in [-0.05, 0) is 18.6 Å². The van der Waals surface area contributed by atoms with Gasteiger partial charge in [0.2, 0.25) is 11.0 Å². The maximum atomic E-state index is 11.9. The van der Waals surface area contributed by atoms with Crippen LogP contribution < -0.4 is 16.0 Å². The maximum absolute atomic E-state index is 11.9. The first kappa shape index (κ1) is 15.8. The lowest BCUT2D eigenvalue weighted by Crippen LogP contribution is -2.30. The number of nitrogens with zero attached hydrogens (tertiary/aromatic N) is 3. The topological polar surface area (TPSA) is 109 Å². The van der Waals surface area contributed by atoms with Crippen molar-refractivity contribution in [3.05, 3.63) is 29.4 Å². The van der Waals surface area contributed by atoms with Crippen LogP contribution in [0.15, 0.2) is 23.8 Å². The summed E-state index contributed by atoms with van der Waals surface area (Å²) in [4.78, 5) is 27.5. The molecule has 116 valence electrons. The average molecular weight is 320 g/mol. The van der Waals surface area contributed by atoms with Gasteiger partial charge in [0, 0.05) is 12.7 Å². The number of aromatic nitrogens is 3. The van der Waals surface area contributed by atoms with Crippen molar-refractivity contribution in [3.8, 4) is 0 Å². The molecule has 8 nitrogen and oxygen atoms in total. The molecule has 2 aromatic heterocycles. The summed E-state index contributed by atoms with van der Waals surface area (Å²) in [6.07, 6.45) is 2.32. The van der Waals surface area contributed by atoms with Crippen molar-refractivity contribution in [2.24, 2.45) is 0 Å². The fourth-order valence-electron chi connectivity index (χ4n) is 1.53. The Balaban J connectivity index is 1.84. The van der Waals surface area contributed by atoms with E-state index in [0.717, 1.165) is 6.42 Å². The number of hydrogen-bond acceptors (Lipinski definition) is 7. The average Bonchev–Trinajstić information content (AvgIpc) is 3.04. The van der Waals surface area contributed by atoms with E-state index in [2.05, 4.69) is 31.1 Å². The van der Waals surface area contributed by atoms with Gasteiger partial charge in [-0.25, -0.2) is 4.98 Å². The first-order valence-corrected chi connectivity index (χ1v) is 7.61.